The van der Waals surface area contributed by atoms with Gasteiger partial charge in [0.15, 0.2) is 5.58 Å². The number of hydrogen-bond acceptors (Lipinski definition) is 6. The molecule has 2 aromatic carbocycles. The zero-order valence-electron chi connectivity index (χ0n) is 19.4. The van der Waals surface area contributed by atoms with Gasteiger partial charge in [-0.15, -0.1) is 0 Å². The quantitative estimate of drug-likeness (QED) is 0.292. The van der Waals surface area contributed by atoms with Gasteiger partial charge in [-0.05, 0) is 47.9 Å². The summed E-state index contributed by atoms with van der Waals surface area (Å²) in [4.78, 5) is 19.5. The number of furan rings is 1. The molecule has 0 amide bonds. The first-order chi connectivity index (χ1) is 16.7. The maximum absolute atomic E-state index is 12.4. The lowest BCUT2D eigenvalue weighted by atomic mass is 10.0. The first-order valence-electron chi connectivity index (χ1n) is 11.9. The van der Waals surface area contributed by atoms with E-state index >= 15 is 0 Å². The summed E-state index contributed by atoms with van der Waals surface area (Å²) in [6.07, 6.45) is 5.44. The molecule has 34 heavy (non-hydrogen) atoms. The van der Waals surface area contributed by atoms with E-state index in [-0.39, 0.29) is 5.97 Å². The van der Waals surface area contributed by atoms with Crippen molar-refractivity contribution < 1.29 is 13.9 Å². The summed E-state index contributed by atoms with van der Waals surface area (Å²) in [5.74, 6) is -0.303. The number of esters is 1. The first kappa shape index (κ1) is 22.2. The van der Waals surface area contributed by atoms with Crippen LogP contribution in [0.25, 0.3) is 33.4 Å². The topological polar surface area (TPSA) is 67.6 Å². The third kappa shape index (κ3) is 4.68. The fraction of sp³-hybridized carbons (Fsp3) is 0.286. The Hall–Kier alpha value is -3.64. The molecule has 3 heterocycles. The number of aromatic nitrogens is 1. The van der Waals surface area contributed by atoms with Crippen LogP contribution in [0.5, 0.6) is 0 Å². The van der Waals surface area contributed by atoms with Crippen molar-refractivity contribution in [1.82, 2.24) is 10.3 Å². The smallest absolute Gasteiger partial charge is 0.338 e. The Balaban J connectivity index is 1.37. The van der Waals surface area contributed by atoms with Crippen molar-refractivity contribution in [3.63, 3.8) is 0 Å². The van der Waals surface area contributed by atoms with E-state index in [0.29, 0.717) is 12.2 Å². The van der Waals surface area contributed by atoms with Crippen molar-refractivity contribution >= 4 is 22.8 Å². The summed E-state index contributed by atoms with van der Waals surface area (Å²) in [5.41, 5.74) is 7.11. The van der Waals surface area contributed by atoms with Gasteiger partial charge in [-0.3, -0.25) is 4.98 Å². The zero-order valence-corrected chi connectivity index (χ0v) is 19.4. The van der Waals surface area contributed by atoms with Gasteiger partial charge in [0.2, 0.25) is 0 Å². The van der Waals surface area contributed by atoms with Crippen molar-refractivity contribution in [3.05, 3.63) is 72.6 Å². The molecular weight excluding hydrogens is 426 g/mol. The Kier molecular flexibility index (Phi) is 6.58. The molecule has 0 bridgehead atoms. The van der Waals surface area contributed by atoms with E-state index in [4.69, 9.17) is 14.1 Å². The van der Waals surface area contributed by atoms with Crippen LogP contribution in [0.2, 0.25) is 0 Å². The van der Waals surface area contributed by atoms with Crippen LogP contribution in [0.1, 0.15) is 30.1 Å². The van der Waals surface area contributed by atoms with Gasteiger partial charge in [-0.25, -0.2) is 4.79 Å². The average molecular weight is 456 g/mol. The summed E-state index contributed by atoms with van der Waals surface area (Å²) in [5, 5.41) is 3.39. The fourth-order valence-corrected chi connectivity index (χ4v) is 4.27. The molecule has 0 unspecified atom stereocenters. The molecule has 1 fully saturated rings. The number of nitrogens with one attached hydrogen (secondary N) is 1. The molecule has 1 saturated heterocycles. The Labute approximate surface area is 199 Å². The van der Waals surface area contributed by atoms with Crippen molar-refractivity contribution in [2.45, 2.75) is 19.8 Å². The molecule has 6 heteroatoms. The molecule has 6 nitrogen and oxygen atoms in total. The molecule has 4 aromatic rings. The van der Waals surface area contributed by atoms with Crippen molar-refractivity contribution in [3.8, 4) is 22.3 Å². The predicted octanol–water partition coefficient (Wildman–Crippen LogP) is 5.53. The molecule has 1 aliphatic rings. The second kappa shape index (κ2) is 10.1. The average Bonchev–Trinajstić information content (AvgIpc) is 3.33. The molecule has 1 N–H and O–H groups in total. The van der Waals surface area contributed by atoms with Crippen molar-refractivity contribution in [1.29, 1.82) is 0 Å². The summed E-state index contributed by atoms with van der Waals surface area (Å²) in [6, 6.07) is 18.1. The predicted molar refractivity (Wildman–Crippen MR) is 135 cm³/mol. The molecule has 0 spiro atoms. The van der Waals surface area contributed by atoms with Crippen LogP contribution < -0.4 is 10.2 Å². The summed E-state index contributed by atoms with van der Waals surface area (Å²) < 4.78 is 11.2. The fourth-order valence-electron chi connectivity index (χ4n) is 4.27. The van der Waals surface area contributed by atoms with E-state index in [2.05, 4.69) is 41.4 Å². The second-order valence-electron chi connectivity index (χ2n) is 8.57. The molecule has 5 rings (SSSR count). The lowest BCUT2D eigenvalue weighted by Crippen LogP contribution is -2.43. The lowest BCUT2D eigenvalue weighted by Gasteiger charge is -2.29. The van der Waals surface area contributed by atoms with Crippen molar-refractivity contribution in [2.24, 2.45) is 0 Å². The standard InChI is InChI=1S/C28H29N3O3/c1-2-3-15-33-28(32)22-6-4-5-21(16-22)25-19-34-26-17-23(18-30-27(25)26)20-7-9-24(10-8-20)31-13-11-29-12-14-31/h4-10,16-19,29H,2-3,11-15H2,1H3. The number of piperazine rings is 1. The SMILES string of the molecule is CCCCOC(=O)c1cccc(-c2coc3cc(-c4ccc(N5CCNCC5)cc4)cnc23)c1. The van der Waals surface area contributed by atoms with Gasteiger partial charge in [-0.2, -0.15) is 0 Å². The van der Waals surface area contributed by atoms with Gasteiger partial charge in [-0.1, -0.05) is 37.6 Å². The second-order valence-corrected chi connectivity index (χ2v) is 8.57. The van der Waals surface area contributed by atoms with Crippen molar-refractivity contribution in [2.75, 3.05) is 37.7 Å². The number of nitrogens with zero attached hydrogens (tertiary/aromatic N) is 2. The van der Waals surface area contributed by atoms with Crippen LogP contribution in [0.15, 0.2) is 71.5 Å². The summed E-state index contributed by atoms with van der Waals surface area (Å²) >= 11 is 0. The van der Waals surface area contributed by atoms with Crippen LogP contribution in [0, 0.1) is 0 Å². The van der Waals surface area contributed by atoms with E-state index in [1.54, 1.807) is 12.3 Å². The Bertz CT molecular complexity index is 1270. The van der Waals surface area contributed by atoms with E-state index in [9.17, 15) is 4.79 Å². The number of carbonyl (C=O) groups excluding carboxylic acids is 1. The minimum Gasteiger partial charge on any atom is -0.462 e. The Morgan fingerprint density at radius 1 is 1.06 bits per heavy atom. The number of ether oxygens (including phenoxy) is 1. The number of unbranched alkanes of at least 4 members (excludes halogenated alkanes) is 1. The van der Waals surface area contributed by atoms with Crippen LogP contribution in [0.4, 0.5) is 5.69 Å². The van der Waals surface area contributed by atoms with Gasteiger partial charge >= 0.3 is 5.97 Å². The van der Waals surface area contributed by atoms with Gasteiger partial charge < -0.3 is 19.4 Å². The minimum atomic E-state index is -0.303. The lowest BCUT2D eigenvalue weighted by molar-refractivity contribution is 0.0500. The summed E-state index contributed by atoms with van der Waals surface area (Å²) in [6.45, 7) is 6.60. The maximum Gasteiger partial charge on any atom is 0.338 e. The van der Waals surface area contributed by atoms with Gasteiger partial charge in [0.25, 0.3) is 0 Å². The first-order valence-corrected chi connectivity index (χ1v) is 11.9. The van der Waals surface area contributed by atoms with E-state index in [1.807, 2.05) is 30.5 Å². The third-order valence-electron chi connectivity index (χ3n) is 6.23. The number of fused-ring (bicyclic) bond motifs is 1. The van der Waals surface area contributed by atoms with Gasteiger partial charge in [0.05, 0.1) is 12.2 Å². The number of anilines is 1. The normalized spacial score (nSPS) is 13.9. The number of pyridine rings is 1. The highest BCUT2D eigenvalue weighted by molar-refractivity contribution is 5.95. The molecule has 2 aromatic heterocycles. The molecule has 174 valence electrons. The van der Waals surface area contributed by atoms with Crippen LogP contribution >= 0.6 is 0 Å². The van der Waals surface area contributed by atoms with E-state index < -0.39 is 0 Å². The molecule has 0 radical (unpaired) electrons. The zero-order chi connectivity index (χ0) is 23.3. The number of benzene rings is 2. The Morgan fingerprint density at radius 3 is 2.68 bits per heavy atom. The molecule has 0 atom stereocenters. The monoisotopic (exact) mass is 455 g/mol. The highest BCUT2D eigenvalue weighted by atomic mass is 16.5. The van der Waals surface area contributed by atoms with Gasteiger partial charge in [0, 0.05) is 49.2 Å². The summed E-state index contributed by atoms with van der Waals surface area (Å²) in [7, 11) is 0. The number of hydrogen-bond donors (Lipinski definition) is 1. The molecule has 0 aliphatic carbocycles. The highest BCUT2D eigenvalue weighted by Crippen LogP contribution is 2.32. The van der Waals surface area contributed by atoms with Gasteiger partial charge in [0.1, 0.15) is 11.8 Å². The van der Waals surface area contributed by atoms with E-state index in [0.717, 1.165) is 72.4 Å². The van der Waals surface area contributed by atoms with Crippen LogP contribution in [-0.2, 0) is 4.74 Å². The van der Waals surface area contributed by atoms with E-state index in [1.165, 1.54) is 5.69 Å². The van der Waals surface area contributed by atoms with Crippen LogP contribution in [-0.4, -0.2) is 43.7 Å². The number of carbonyl (C=O) groups is 1. The minimum absolute atomic E-state index is 0.303. The largest absolute Gasteiger partial charge is 0.462 e. The third-order valence-corrected chi connectivity index (χ3v) is 6.23. The Morgan fingerprint density at radius 2 is 1.88 bits per heavy atom. The molecule has 0 saturated carbocycles. The maximum atomic E-state index is 12.4. The van der Waals surface area contributed by atoms with Crippen LogP contribution in [0.3, 0.4) is 0 Å². The molecular formula is C28H29N3O3. The highest BCUT2D eigenvalue weighted by Gasteiger charge is 2.15. The molecule has 1 aliphatic heterocycles. The number of rotatable bonds is 7.